The standard InChI is InChI=1S/C17H25N3O5S/c1-13(2)11-16(17(21)19-9-4-3-5-10-19)18-26(24,25)15-8-6-7-14(12-15)20(22)23/h6-8,12-13,16,18H,3-5,9-11H2,1-2H3/t16-/m1/s1. The summed E-state index contributed by atoms with van der Waals surface area (Å²) in [6.07, 6.45) is 3.26. The van der Waals surface area contributed by atoms with Crippen LogP contribution in [-0.2, 0) is 14.8 Å². The maximum absolute atomic E-state index is 12.8. The summed E-state index contributed by atoms with van der Waals surface area (Å²) in [5.41, 5.74) is -0.310. The van der Waals surface area contributed by atoms with Gasteiger partial charge in [0.05, 0.1) is 9.82 Å². The van der Waals surface area contributed by atoms with Gasteiger partial charge in [-0.3, -0.25) is 14.9 Å². The number of sulfonamides is 1. The van der Waals surface area contributed by atoms with Crippen molar-refractivity contribution in [2.75, 3.05) is 13.1 Å². The lowest BCUT2D eigenvalue weighted by atomic mass is 10.0. The Morgan fingerprint density at radius 1 is 1.27 bits per heavy atom. The number of nitrogens with zero attached hydrogens (tertiary/aromatic N) is 2. The Hall–Kier alpha value is -2.00. The van der Waals surface area contributed by atoms with Crippen LogP contribution in [-0.4, -0.2) is 43.3 Å². The highest BCUT2D eigenvalue weighted by Gasteiger charge is 2.31. The van der Waals surface area contributed by atoms with E-state index in [9.17, 15) is 23.3 Å². The lowest BCUT2D eigenvalue weighted by Gasteiger charge is -2.31. The molecule has 0 saturated carbocycles. The van der Waals surface area contributed by atoms with E-state index in [1.165, 1.54) is 18.2 Å². The van der Waals surface area contributed by atoms with Crippen molar-refractivity contribution >= 4 is 21.6 Å². The molecule has 1 aromatic carbocycles. The molecular formula is C17H25N3O5S. The van der Waals surface area contributed by atoms with E-state index in [0.29, 0.717) is 19.5 Å². The SMILES string of the molecule is CC(C)C[C@@H](NS(=O)(=O)c1cccc([N+](=O)[O-])c1)C(=O)N1CCCCC1. The molecule has 1 heterocycles. The van der Waals surface area contributed by atoms with E-state index in [2.05, 4.69) is 4.72 Å². The van der Waals surface area contributed by atoms with Crippen molar-refractivity contribution in [1.29, 1.82) is 0 Å². The monoisotopic (exact) mass is 383 g/mol. The Kier molecular flexibility index (Phi) is 6.71. The minimum atomic E-state index is -4.05. The molecule has 0 aromatic heterocycles. The van der Waals surface area contributed by atoms with Gasteiger partial charge in [-0.2, -0.15) is 4.72 Å². The van der Waals surface area contributed by atoms with Crippen molar-refractivity contribution < 1.29 is 18.1 Å². The summed E-state index contributed by atoms with van der Waals surface area (Å²) in [6.45, 7) is 5.09. The summed E-state index contributed by atoms with van der Waals surface area (Å²) in [7, 11) is -4.05. The van der Waals surface area contributed by atoms with E-state index in [0.717, 1.165) is 25.3 Å². The van der Waals surface area contributed by atoms with Gasteiger partial charge in [-0.15, -0.1) is 0 Å². The number of hydrogen-bond acceptors (Lipinski definition) is 5. The first-order chi connectivity index (χ1) is 12.2. The van der Waals surface area contributed by atoms with E-state index in [-0.39, 0.29) is 22.4 Å². The van der Waals surface area contributed by atoms with Gasteiger partial charge < -0.3 is 4.90 Å². The minimum absolute atomic E-state index is 0.113. The molecule has 0 aliphatic carbocycles. The van der Waals surface area contributed by atoms with Gasteiger partial charge in [0.1, 0.15) is 6.04 Å². The lowest BCUT2D eigenvalue weighted by molar-refractivity contribution is -0.385. The van der Waals surface area contributed by atoms with Gasteiger partial charge in [0, 0.05) is 25.2 Å². The maximum atomic E-state index is 12.8. The van der Waals surface area contributed by atoms with Crippen LogP contribution in [0.3, 0.4) is 0 Å². The van der Waals surface area contributed by atoms with Gasteiger partial charge >= 0.3 is 0 Å². The Morgan fingerprint density at radius 3 is 2.50 bits per heavy atom. The smallest absolute Gasteiger partial charge is 0.270 e. The fourth-order valence-corrected chi connectivity index (χ4v) is 4.27. The highest BCUT2D eigenvalue weighted by Crippen LogP contribution is 2.20. The Labute approximate surface area is 153 Å². The zero-order valence-electron chi connectivity index (χ0n) is 15.1. The number of hydrogen-bond donors (Lipinski definition) is 1. The van der Waals surface area contributed by atoms with Crippen LogP contribution in [0.25, 0.3) is 0 Å². The van der Waals surface area contributed by atoms with Crippen molar-refractivity contribution in [3.63, 3.8) is 0 Å². The zero-order valence-corrected chi connectivity index (χ0v) is 15.9. The molecule has 1 aromatic rings. The fourth-order valence-electron chi connectivity index (χ4n) is 3.02. The number of nitrogens with one attached hydrogen (secondary N) is 1. The number of nitro benzene ring substituents is 1. The van der Waals surface area contributed by atoms with Gasteiger partial charge in [-0.05, 0) is 37.7 Å². The van der Waals surface area contributed by atoms with E-state index < -0.39 is 21.0 Å². The average Bonchev–Trinajstić information content (AvgIpc) is 2.60. The number of benzene rings is 1. The molecule has 1 aliphatic heterocycles. The number of amides is 1. The second kappa shape index (κ2) is 8.59. The molecule has 0 unspecified atom stereocenters. The highest BCUT2D eigenvalue weighted by atomic mass is 32.2. The van der Waals surface area contributed by atoms with Crippen LogP contribution in [0, 0.1) is 16.0 Å². The van der Waals surface area contributed by atoms with Crippen molar-refractivity contribution in [2.24, 2.45) is 5.92 Å². The normalized spacial score (nSPS) is 16.5. The Morgan fingerprint density at radius 2 is 1.92 bits per heavy atom. The molecule has 144 valence electrons. The van der Waals surface area contributed by atoms with Crippen LogP contribution in [0.4, 0.5) is 5.69 Å². The fraction of sp³-hybridized carbons (Fsp3) is 0.588. The number of carbonyl (C=O) groups is 1. The lowest BCUT2D eigenvalue weighted by Crippen LogP contribution is -2.50. The largest absolute Gasteiger partial charge is 0.341 e. The molecule has 26 heavy (non-hydrogen) atoms. The molecule has 0 spiro atoms. The predicted molar refractivity (Wildman–Crippen MR) is 97.1 cm³/mol. The highest BCUT2D eigenvalue weighted by molar-refractivity contribution is 7.89. The first kappa shape index (κ1) is 20.3. The molecule has 1 fully saturated rings. The van der Waals surface area contributed by atoms with E-state index in [1.54, 1.807) is 4.90 Å². The Balaban J connectivity index is 2.24. The van der Waals surface area contributed by atoms with Gasteiger partial charge in [0.25, 0.3) is 5.69 Å². The first-order valence-corrected chi connectivity index (χ1v) is 10.2. The number of nitro groups is 1. The third-order valence-corrected chi connectivity index (χ3v) is 5.78. The third-order valence-electron chi connectivity index (χ3n) is 4.31. The second-order valence-electron chi connectivity index (χ2n) is 6.94. The van der Waals surface area contributed by atoms with Crippen molar-refractivity contribution in [1.82, 2.24) is 9.62 Å². The Bertz CT molecular complexity index is 757. The summed E-state index contributed by atoms with van der Waals surface area (Å²) in [4.78, 5) is 24.5. The second-order valence-corrected chi connectivity index (χ2v) is 8.66. The minimum Gasteiger partial charge on any atom is -0.341 e. The molecule has 1 N–H and O–H groups in total. The van der Waals surface area contributed by atoms with Gasteiger partial charge in [-0.25, -0.2) is 8.42 Å². The summed E-state index contributed by atoms with van der Waals surface area (Å²) in [5.74, 6) is -0.117. The molecule has 1 aliphatic rings. The molecule has 9 heteroatoms. The van der Waals surface area contributed by atoms with Crippen LogP contribution < -0.4 is 4.72 Å². The zero-order chi connectivity index (χ0) is 19.3. The van der Waals surface area contributed by atoms with Gasteiger partial charge in [0.15, 0.2) is 0 Å². The molecule has 1 atom stereocenters. The first-order valence-electron chi connectivity index (χ1n) is 8.76. The summed E-state index contributed by atoms with van der Waals surface area (Å²) >= 11 is 0. The topological polar surface area (TPSA) is 110 Å². The molecule has 1 saturated heterocycles. The number of piperidine rings is 1. The third kappa shape index (κ3) is 5.25. The number of carbonyl (C=O) groups excluding carboxylic acids is 1. The molecule has 0 radical (unpaired) electrons. The molecular weight excluding hydrogens is 358 g/mol. The molecule has 1 amide bonds. The van der Waals surface area contributed by atoms with Crippen LogP contribution in [0.2, 0.25) is 0 Å². The molecule has 8 nitrogen and oxygen atoms in total. The van der Waals surface area contributed by atoms with Gasteiger partial charge in [-0.1, -0.05) is 19.9 Å². The van der Waals surface area contributed by atoms with E-state index >= 15 is 0 Å². The maximum Gasteiger partial charge on any atom is 0.270 e. The van der Waals surface area contributed by atoms with Gasteiger partial charge in [0.2, 0.25) is 15.9 Å². The number of rotatable bonds is 7. The molecule has 0 bridgehead atoms. The van der Waals surface area contributed by atoms with Crippen LogP contribution in [0.1, 0.15) is 39.5 Å². The number of non-ortho nitro benzene ring substituents is 1. The summed E-state index contributed by atoms with van der Waals surface area (Å²) in [5, 5.41) is 10.9. The summed E-state index contributed by atoms with van der Waals surface area (Å²) in [6, 6.07) is 3.95. The van der Waals surface area contributed by atoms with Crippen LogP contribution >= 0.6 is 0 Å². The molecule has 2 rings (SSSR count). The van der Waals surface area contributed by atoms with E-state index in [4.69, 9.17) is 0 Å². The predicted octanol–water partition coefficient (Wildman–Crippen LogP) is 2.30. The van der Waals surface area contributed by atoms with E-state index in [1.807, 2.05) is 13.8 Å². The van der Waals surface area contributed by atoms with Crippen molar-refractivity contribution in [3.8, 4) is 0 Å². The van der Waals surface area contributed by atoms with Crippen molar-refractivity contribution in [2.45, 2.75) is 50.5 Å². The number of likely N-dealkylation sites (tertiary alicyclic amines) is 1. The van der Waals surface area contributed by atoms with Crippen LogP contribution in [0.15, 0.2) is 29.2 Å². The summed E-state index contributed by atoms with van der Waals surface area (Å²) < 4.78 is 27.8. The van der Waals surface area contributed by atoms with Crippen LogP contribution in [0.5, 0.6) is 0 Å². The average molecular weight is 383 g/mol. The van der Waals surface area contributed by atoms with Crippen molar-refractivity contribution in [3.05, 3.63) is 34.4 Å². The quantitative estimate of drug-likeness (QED) is 0.574.